The minimum Gasteiger partial charge on any atom is -0.457 e. The lowest BCUT2D eigenvalue weighted by molar-refractivity contribution is -0.156. The standard InChI is InChI=1S/C34H56O9.CH5N.CH2O/c1-10-27(40-11-2)24(6)32-33(43-32)31(39-9)23(5)15-12-14-21(3)30-22(4)16-13-17-28(41-25(7)35)34(8,38)19-18-26(36)20-29(37)42-30;2*1-2/h12-15,17,22-24,26-28,30-33,36,38H,10-11,16,18-20H2,1-9H3;2H2,1H3;1H2/b15-12+,17-13+,21-14+;;. The zero-order chi connectivity index (χ0) is 36.3. The van der Waals surface area contributed by atoms with Crippen LogP contribution >= 0.6 is 0 Å². The van der Waals surface area contributed by atoms with Gasteiger partial charge in [-0.2, -0.15) is 0 Å². The van der Waals surface area contributed by atoms with E-state index in [0.717, 1.165) is 12.0 Å². The number of methoxy groups -OCH3 is 1. The minimum absolute atomic E-state index is 0.00500. The molecular weight excluding hydrogens is 606 g/mol. The second-order valence-corrected chi connectivity index (χ2v) is 12.5. The molecule has 2 rings (SSSR count). The molecule has 2 aliphatic heterocycles. The number of aliphatic hydroxyl groups excluding tert-OH is 1. The van der Waals surface area contributed by atoms with E-state index in [2.05, 4.69) is 32.6 Å². The highest BCUT2D eigenvalue weighted by molar-refractivity contribution is 5.70. The number of epoxide rings is 1. The summed E-state index contributed by atoms with van der Waals surface area (Å²) in [6.07, 6.45) is 8.82. The maximum Gasteiger partial charge on any atom is 0.309 e. The Morgan fingerprint density at radius 3 is 2.40 bits per heavy atom. The van der Waals surface area contributed by atoms with Crippen LogP contribution in [0.4, 0.5) is 0 Å². The molecule has 1 saturated heterocycles. The highest BCUT2D eigenvalue weighted by Crippen LogP contribution is 2.39. The molecule has 0 aromatic heterocycles. The molecule has 0 radical (unpaired) electrons. The molecule has 11 heteroatoms. The van der Waals surface area contributed by atoms with E-state index in [1.54, 1.807) is 20.1 Å². The second kappa shape index (κ2) is 23.0. The van der Waals surface area contributed by atoms with Crippen LogP contribution in [0.5, 0.6) is 0 Å². The number of ether oxygens (including phenoxy) is 5. The lowest BCUT2D eigenvalue weighted by Gasteiger charge is -2.31. The molecule has 1 fully saturated rings. The number of carbonyl (C=O) groups is 3. The van der Waals surface area contributed by atoms with Crippen molar-refractivity contribution >= 4 is 18.7 Å². The first-order valence-electron chi connectivity index (χ1n) is 16.7. The van der Waals surface area contributed by atoms with Crippen LogP contribution < -0.4 is 5.73 Å². The van der Waals surface area contributed by atoms with Gasteiger partial charge in [-0.15, -0.1) is 0 Å². The van der Waals surface area contributed by atoms with Crippen LogP contribution in [0.15, 0.2) is 36.0 Å². The van der Waals surface area contributed by atoms with Crippen molar-refractivity contribution < 1.29 is 48.3 Å². The Balaban J connectivity index is 0.00000508. The smallest absolute Gasteiger partial charge is 0.309 e. The summed E-state index contributed by atoms with van der Waals surface area (Å²) in [5, 5.41) is 21.5. The summed E-state index contributed by atoms with van der Waals surface area (Å²) in [6, 6.07) is 0. The topological polar surface area (TPSA) is 167 Å². The van der Waals surface area contributed by atoms with Gasteiger partial charge in [0, 0.05) is 38.4 Å². The molecule has 0 aromatic carbocycles. The Morgan fingerprint density at radius 2 is 1.85 bits per heavy atom. The van der Waals surface area contributed by atoms with E-state index in [9.17, 15) is 19.8 Å². The Bertz CT molecular complexity index is 996. The molecule has 0 aromatic rings. The van der Waals surface area contributed by atoms with Gasteiger partial charge in [0.25, 0.3) is 0 Å². The van der Waals surface area contributed by atoms with Crippen molar-refractivity contribution in [2.45, 2.75) is 136 Å². The van der Waals surface area contributed by atoms with Crippen molar-refractivity contribution in [3.05, 3.63) is 36.0 Å². The number of aliphatic hydroxyl groups is 2. The van der Waals surface area contributed by atoms with Crippen LogP contribution in [0.1, 0.15) is 87.5 Å². The molecule has 0 bridgehead atoms. The fraction of sp³-hybridized carbons (Fsp3) is 0.750. The average molecular weight is 670 g/mol. The van der Waals surface area contributed by atoms with E-state index in [-0.39, 0.29) is 61.4 Å². The summed E-state index contributed by atoms with van der Waals surface area (Å²) in [5.74, 6) is -0.776. The van der Waals surface area contributed by atoms with E-state index in [1.807, 2.05) is 45.8 Å². The molecule has 272 valence electrons. The number of rotatable bonds is 12. The van der Waals surface area contributed by atoms with E-state index < -0.39 is 35.9 Å². The second-order valence-electron chi connectivity index (χ2n) is 12.5. The zero-order valence-electron chi connectivity index (χ0n) is 30.3. The molecule has 2 aliphatic rings. The van der Waals surface area contributed by atoms with Gasteiger partial charge in [0.05, 0.1) is 30.8 Å². The predicted molar refractivity (Wildman–Crippen MR) is 182 cm³/mol. The van der Waals surface area contributed by atoms with Gasteiger partial charge < -0.3 is 44.4 Å². The van der Waals surface area contributed by atoms with Crippen LogP contribution in [0.25, 0.3) is 0 Å². The van der Waals surface area contributed by atoms with Crippen molar-refractivity contribution in [1.82, 2.24) is 0 Å². The van der Waals surface area contributed by atoms with Crippen LogP contribution in [-0.4, -0.2) is 98.0 Å². The van der Waals surface area contributed by atoms with E-state index in [4.69, 9.17) is 28.5 Å². The number of carbonyl (C=O) groups excluding carboxylic acids is 3. The number of hydrogen-bond acceptors (Lipinski definition) is 11. The normalized spacial score (nSPS) is 31.9. The molecule has 47 heavy (non-hydrogen) atoms. The summed E-state index contributed by atoms with van der Waals surface area (Å²) in [5.41, 5.74) is 3.96. The summed E-state index contributed by atoms with van der Waals surface area (Å²) < 4.78 is 29.1. The van der Waals surface area contributed by atoms with Gasteiger partial charge in [0.2, 0.25) is 0 Å². The number of hydrogen-bond donors (Lipinski definition) is 3. The summed E-state index contributed by atoms with van der Waals surface area (Å²) in [4.78, 5) is 32.5. The SMILES string of the molecule is C=O.CCOC(CC)C(C)C1OC1C(OC)C(C)/C=C/C=C(\C)C1OC(=O)CC(O)CCC(C)(O)C(OC(C)=O)/C=C/CC1C.CN. The van der Waals surface area contributed by atoms with E-state index in [0.29, 0.717) is 13.0 Å². The zero-order valence-corrected chi connectivity index (χ0v) is 30.3. The maximum absolute atomic E-state index is 12.8. The highest BCUT2D eigenvalue weighted by Gasteiger charge is 2.51. The molecule has 2 heterocycles. The number of esters is 2. The quantitative estimate of drug-likeness (QED) is 0.116. The monoisotopic (exact) mass is 669 g/mol. The van der Waals surface area contributed by atoms with Crippen LogP contribution in [0, 0.1) is 17.8 Å². The van der Waals surface area contributed by atoms with Gasteiger partial charge in [-0.05, 0) is 65.2 Å². The van der Waals surface area contributed by atoms with E-state index in [1.165, 1.54) is 14.0 Å². The lowest BCUT2D eigenvalue weighted by atomic mass is 9.90. The number of allylic oxidation sites excluding steroid dienone is 3. The first kappa shape index (κ1) is 44.6. The third-order valence-corrected chi connectivity index (χ3v) is 8.67. The fourth-order valence-corrected chi connectivity index (χ4v) is 5.96. The van der Waals surface area contributed by atoms with Gasteiger partial charge >= 0.3 is 11.9 Å². The average Bonchev–Trinajstić information content (AvgIpc) is 3.82. The maximum atomic E-state index is 12.8. The van der Waals surface area contributed by atoms with E-state index >= 15 is 0 Å². The number of cyclic esters (lactones) is 1. The largest absolute Gasteiger partial charge is 0.457 e. The predicted octanol–water partition coefficient (Wildman–Crippen LogP) is 4.47. The Labute approximate surface area is 282 Å². The molecule has 0 spiro atoms. The van der Waals surface area contributed by atoms with Gasteiger partial charge in [-0.3, -0.25) is 9.59 Å². The first-order chi connectivity index (χ1) is 22.2. The van der Waals surface area contributed by atoms with Crippen molar-refractivity contribution in [3.63, 3.8) is 0 Å². The van der Waals surface area contributed by atoms with Crippen LogP contribution in [0.2, 0.25) is 0 Å². The van der Waals surface area contributed by atoms with Gasteiger partial charge in [-0.25, -0.2) is 0 Å². The molecule has 0 saturated carbocycles. The molecular formula is C36H63NO10. The van der Waals surface area contributed by atoms with Crippen molar-refractivity contribution in [1.29, 1.82) is 0 Å². The molecule has 11 nitrogen and oxygen atoms in total. The lowest BCUT2D eigenvalue weighted by Crippen LogP contribution is -2.41. The van der Waals surface area contributed by atoms with Crippen molar-refractivity contribution in [3.8, 4) is 0 Å². The Hall–Kier alpha value is -2.41. The van der Waals surface area contributed by atoms with Crippen molar-refractivity contribution in [2.24, 2.45) is 23.5 Å². The highest BCUT2D eigenvalue weighted by atomic mass is 16.6. The molecule has 0 aliphatic carbocycles. The molecule has 0 amide bonds. The summed E-state index contributed by atoms with van der Waals surface area (Å²) in [6.45, 7) is 17.8. The van der Waals surface area contributed by atoms with Crippen LogP contribution in [0.3, 0.4) is 0 Å². The third kappa shape index (κ3) is 15.1. The van der Waals surface area contributed by atoms with Gasteiger partial charge in [-0.1, -0.05) is 52.0 Å². The van der Waals surface area contributed by atoms with Crippen LogP contribution in [-0.2, 0) is 38.1 Å². The summed E-state index contributed by atoms with van der Waals surface area (Å²) >= 11 is 0. The molecule has 4 N–H and O–H groups in total. The van der Waals surface area contributed by atoms with Crippen molar-refractivity contribution in [2.75, 3.05) is 20.8 Å². The Morgan fingerprint density at radius 1 is 1.21 bits per heavy atom. The Kier molecular flexibility index (Phi) is 21.9. The number of nitrogens with two attached hydrogens (primary N) is 1. The third-order valence-electron chi connectivity index (χ3n) is 8.67. The molecule has 11 unspecified atom stereocenters. The van der Waals surface area contributed by atoms with Gasteiger partial charge in [0.1, 0.15) is 30.7 Å². The van der Waals surface area contributed by atoms with Gasteiger partial charge in [0.15, 0.2) is 0 Å². The molecule has 11 atom stereocenters. The fourth-order valence-electron chi connectivity index (χ4n) is 5.96. The first-order valence-corrected chi connectivity index (χ1v) is 16.7. The minimum atomic E-state index is -1.40. The summed E-state index contributed by atoms with van der Waals surface area (Å²) in [7, 11) is 3.21.